The lowest BCUT2D eigenvalue weighted by Crippen LogP contribution is -2.62. The molecular weight excluding hydrogens is 402 g/mol. The highest BCUT2D eigenvalue weighted by Crippen LogP contribution is 2.51. The summed E-state index contributed by atoms with van der Waals surface area (Å²) < 4.78 is 1.44. The maximum atomic E-state index is 12.9. The fraction of sp³-hybridized carbons (Fsp3) is 0.522. The summed E-state index contributed by atoms with van der Waals surface area (Å²) in [6.07, 6.45) is 6.84. The van der Waals surface area contributed by atoms with Gasteiger partial charge >= 0.3 is 0 Å². The van der Waals surface area contributed by atoms with E-state index in [0.717, 1.165) is 37.7 Å². The third kappa shape index (κ3) is 4.16. The first-order valence-electron chi connectivity index (χ1n) is 10.7. The zero-order valence-corrected chi connectivity index (χ0v) is 17.9. The monoisotopic (exact) mass is 429 g/mol. The smallest absolute Gasteiger partial charge is 0.254 e. The van der Waals surface area contributed by atoms with Crippen LogP contribution in [0.3, 0.4) is 0 Å². The van der Waals surface area contributed by atoms with Crippen LogP contribution in [0.2, 0.25) is 5.15 Å². The fourth-order valence-electron chi connectivity index (χ4n) is 5.17. The van der Waals surface area contributed by atoms with Gasteiger partial charge in [-0.1, -0.05) is 54.8 Å². The van der Waals surface area contributed by atoms with Crippen molar-refractivity contribution in [2.75, 3.05) is 13.1 Å². The van der Waals surface area contributed by atoms with E-state index in [0.29, 0.717) is 25.9 Å². The maximum Gasteiger partial charge on any atom is 0.254 e. The molecular formula is C23H28ClN3O3. The Morgan fingerprint density at radius 1 is 1.17 bits per heavy atom. The molecule has 1 aromatic carbocycles. The average Bonchev–Trinajstić information content (AvgIpc) is 3.21. The number of hydrogen-bond donors (Lipinski definition) is 1. The molecule has 1 N–H and O–H groups in total. The number of benzene rings is 1. The van der Waals surface area contributed by atoms with Crippen molar-refractivity contribution in [3.05, 3.63) is 63.8 Å². The number of rotatable bonds is 5. The minimum atomic E-state index is -1.04. The maximum absolute atomic E-state index is 12.9. The van der Waals surface area contributed by atoms with E-state index in [1.807, 2.05) is 35.2 Å². The number of piperidine rings is 1. The van der Waals surface area contributed by atoms with Crippen molar-refractivity contribution in [2.45, 2.75) is 57.1 Å². The van der Waals surface area contributed by atoms with E-state index >= 15 is 0 Å². The van der Waals surface area contributed by atoms with Gasteiger partial charge in [0.15, 0.2) is 0 Å². The lowest BCUT2D eigenvalue weighted by atomic mass is 9.65. The predicted molar refractivity (Wildman–Crippen MR) is 115 cm³/mol. The zero-order valence-electron chi connectivity index (χ0n) is 17.1. The van der Waals surface area contributed by atoms with Gasteiger partial charge in [-0.2, -0.15) is 0 Å². The predicted octanol–water partition coefficient (Wildman–Crippen LogP) is 3.05. The number of carbonyl (C=O) groups is 1. The van der Waals surface area contributed by atoms with Crippen molar-refractivity contribution in [3.8, 4) is 0 Å². The molecule has 2 aliphatic rings. The van der Waals surface area contributed by atoms with Gasteiger partial charge in [-0.3, -0.25) is 14.2 Å². The van der Waals surface area contributed by atoms with Crippen molar-refractivity contribution >= 4 is 17.5 Å². The van der Waals surface area contributed by atoms with Crippen molar-refractivity contribution in [1.29, 1.82) is 0 Å². The van der Waals surface area contributed by atoms with Crippen LogP contribution in [-0.4, -0.2) is 44.2 Å². The Morgan fingerprint density at radius 3 is 2.60 bits per heavy atom. The Balaban J connectivity index is 1.49. The van der Waals surface area contributed by atoms with Gasteiger partial charge in [0, 0.05) is 31.0 Å². The molecule has 160 valence electrons. The van der Waals surface area contributed by atoms with Crippen LogP contribution >= 0.6 is 11.6 Å². The van der Waals surface area contributed by atoms with Gasteiger partial charge in [-0.15, -0.1) is 0 Å². The number of nitrogens with zero attached hydrogens (tertiary/aromatic N) is 3. The van der Waals surface area contributed by atoms with Crippen LogP contribution in [-0.2, 0) is 17.8 Å². The summed E-state index contributed by atoms with van der Waals surface area (Å²) in [5, 5.41) is 11.9. The first-order chi connectivity index (χ1) is 14.4. The summed E-state index contributed by atoms with van der Waals surface area (Å²) in [5.41, 5.74) is -0.534. The molecule has 0 radical (unpaired) electrons. The molecule has 1 aliphatic heterocycles. The molecule has 1 saturated heterocycles. The van der Waals surface area contributed by atoms with Crippen molar-refractivity contribution in [3.63, 3.8) is 0 Å². The van der Waals surface area contributed by atoms with Crippen LogP contribution in [0.25, 0.3) is 0 Å². The SMILES string of the molecule is O=C(CCc1ccccc1)N1CCC(O)(Cn2cnc(Cl)cc2=O)C2(CCCC2)C1. The Bertz CT molecular complexity index is 956. The minimum Gasteiger partial charge on any atom is -0.387 e. The molecule has 7 heteroatoms. The second-order valence-electron chi connectivity index (χ2n) is 8.75. The van der Waals surface area contributed by atoms with Crippen LogP contribution in [0.4, 0.5) is 0 Å². The molecule has 1 aliphatic carbocycles. The first kappa shape index (κ1) is 21.1. The normalized spacial score (nSPS) is 23.1. The van der Waals surface area contributed by atoms with Crippen LogP contribution in [0.1, 0.15) is 44.1 Å². The molecule has 1 unspecified atom stereocenters. The third-order valence-electron chi connectivity index (χ3n) is 6.94. The van der Waals surface area contributed by atoms with Gasteiger partial charge in [-0.25, -0.2) is 4.98 Å². The zero-order chi connectivity index (χ0) is 21.2. The second kappa shape index (κ2) is 8.52. The molecule has 30 heavy (non-hydrogen) atoms. The van der Waals surface area contributed by atoms with Gasteiger partial charge in [0.1, 0.15) is 5.15 Å². The number of aryl methyl sites for hydroxylation is 1. The summed E-state index contributed by atoms with van der Waals surface area (Å²) >= 11 is 5.81. The molecule has 1 atom stereocenters. The van der Waals surface area contributed by atoms with Crippen LogP contribution < -0.4 is 5.56 Å². The molecule has 2 fully saturated rings. The Kier molecular flexibility index (Phi) is 5.98. The van der Waals surface area contributed by atoms with E-state index < -0.39 is 5.60 Å². The quantitative estimate of drug-likeness (QED) is 0.741. The highest BCUT2D eigenvalue weighted by molar-refractivity contribution is 6.29. The van der Waals surface area contributed by atoms with Gasteiger partial charge in [-0.05, 0) is 31.2 Å². The Morgan fingerprint density at radius 2 is 1.90 bits per heavy atom. The highest BCUT2D eigenvalue weighted by atomic mass is 35.5. The average molecular weight is 430 g/mol. The van der Waals surface area contributed by atoms with Crippen molar-refractivity contribution < 1.29 is 9.90 Å². The summed E-state index contributed by atoms with van der Waals surface area (Å²) in [6, 6.07) is 11.3. The van der Waals surface area contributed by atoms with Gasteiger partial charge in [0.2, 0.25) is 5.91 Å². The van der Waals surface area contributed by atoms with E-state index in [9.17, 15) is 14.7 Å². The molecule has 4 rings (SSSR count). The lowest BCUT2D eigenvalue weighted by molar-refractivity contribution is -0.160. The lowest BCUT2D eigenvalue weighted by Gasteiger charge is -2.52. The number of hydrogen-bond acceptors (Lipinski definition) is 4. The Labute approximate surface area is 181 Å². The van der Waals surface area contributed by atoms with E-state index in [1.165, 1.54) is 17.0 Å². The van der Waals surface area contributed by atoms with Gasteiger partial charge in [0.25, 0.3) is 5.56 Å². The summed E-state index contributed by atoms with van der Waals surface area (Å²) in [7, 11) is 0. The summed E-state index contributed by atoms with van der Waals surface area (Å²) in [6.45, 7) is 1.23. The largest absolute Gasteiger partial charge is 0.387 e. The van der Waals surface area contributed by atoms with Crippen molar-refractivity contribution in [1.82, 2.24) is 14.5 Å². The topological polar surface area (TPSA) is 75.4 Å². The molecule has 1 aromatic heterocycles. The molecule has 2 aromatic rings. The second-order valence-corrected chi connectivity index (χ2v) is 9.13. The summed E-state index contributed by atoms with van der Waals surface area (Å²) in [5.74, 6) is 0.137. The van der Waals surface area contributed by atoms with E-state index in [2.05, 4.69) is 4.98 Å². The first-order valence-corrected chi connectivity index (χ1v) is 11.0. The fourth-order valence-corrected chi connectivity index (χ4v) is 5.31. The van der Waals surface area contributed by atoms with Crippen LogP contribution in [0.5, 0.6) is 0 Å². The van der Waals surface area contributed by atoms with Crippen LogP contribution in [0, 0.1) is 5.41 Å². The summed E-state index contributed by atoms with van der Waals surface area (Å²) in [4.78, 5) is 31.2. The molecule has 1 saturated carbocycles. The number of aliphatic hydroxyl groups is 1. The molecule has 2 heterocycles. The molecule has 1 amide bonds. The Hall–Kier alpha value is -2.18. The molecule has 0 bridgehead atoms. The number of halogens is 1. The molecule has 1 spiro atoms. The van der Waals surface area contributed by atoms with Crippen LogP contribution in [0.15, 0.2) is 47.5 Å². The minimum absolute atomic E-state index is 0.137. The van der Waals surface area contributed by atoms with Crippen molar-refractivity contribution in [2.24, 2.45) is 5.41 Å². The van der Waals surface area contributed by atoms with E-state index in [4.69, 9.17) is 11.6 Å². The number of carbonyl (C=O) groups excluding carboxylic acids is 1. The third-order valence-corrected chi connectivity index (χ3v) is 7.14. The van der Waals surface area contributed by atoms with E-state index in [1.54, 1.807) is 0 Å². The van der Waals surface area contributed by atoms with Gasteiger partial charge < -0.3 is 10.0 Å². The number of aromatic nitrogens is 2. The van der Waals surface area contributed by atoms with Gasteiger partial charge in [0.05, 0.1) is 18.5 Å². The standard InChI is InChI=1S/C23H28ClN3O3/c24-19-14-21(29)27(17-25-19)16-23(30)12-13-26(15-22(23)10-4-5-11-22)20(28)9-8-18-6-2-1-3-7-18/h1-3,6-7,14,17,30H,4-5,8-13,15-16H2. The highest BCUT2D eigenvalue weighted by Gasteiger charge is 2.55. The molecule has 6 nitrogen and oxygen atoms in total. The van der Waals surface area contributed by atoms with E-state index in [-0.39, 0.29) is 28.6 Å². The number of amides is 1. The number of likely N-dealkylation sites (tertiary alicyclic amines) is 1.